The Kier molecular flexibility index (Phi) is 7.71. The molecule has 3 fully saturated rings. The number of carbonyl (C=O) groups is 4. The SMILES string of the molecule is O=C1CCC(N2C(=O)c3ccc(NCCC[C@H]4C[C@H](n5cc(-c6cccc(C7CCOCC7)n6)cn5)C4)cc3C2=O)C(=O)N1. The van der Waals surface area contributed by atoms with Crippen LogP contribution < -0.4 is 10.6 Å². The third kappa shape index (κ3) is 5.52. The van der Waals surface area contributed by atoms with Crippen LogP contribution in [0.5, 0.6) is 0 Å². The standard InChI is InChI=1S/C33H36N6O5/c40-30-9-8-29(31(41)37-30)39-32(42)25-7-6-23(17-26(25)33(39)43)34-12-2-3-20-15-24(16-20)38-19-22(18-35-38)28-5-1-4-27(36-28)21-10-13-44-14-11-21/h1,4-7,17-21,24,29,34H,2-3,8-16H2,(H,37,40,41)/t20-,24-,29?. The zero-order chi connectivity index (χ0) is 30.2. The zero-order valence-electron chi connectivity index (χ0n) is 24.5. The minimum atomic E-state index is -0.957. The molecule has 11 nitrogen and oxygen atoms in total. The lowest BCUT2D eigenvalue weighted by molar-refractivity contribution is -0.136. The Morgan fingerprint density at radius 2 is 1.80 bits per heavy atom. The Bertz CT molecular complexity index is 1610. The highest BCUT2D eigenvalue weighted by molar-refractivity contribution is 6.23. The largest absolute Gasteiger partial charge is 0.385 e. The molecule has 44 heavy (non-hydrogen) atoms. The number of rotatable bonds is 9. The van der Waals surface area contributed by atoms with Crippen molar-refractivity contribution in [3.63, 3.8) is 0 Å². The topological polar surface area (TPSA) is 136 Å². The van der Waals surface area contributed by atoms with Crippen molar-refractivity contribution in [3.8, 4) is 11.3 Å². The third-order valence-corrected chi connectivity index (χ3v) is 9.45. The number of ether oxygens (including phenoxy) is 1. The van der Waals surface area contributed by atoms with Crippen LogP contribution in [-0.4, -0.2) is 69.1 Å². The van der Waals surface area contributed by atoms with Gasteiger partial charge in [-0.15, -0.1) is 0 Å². The number of hydrogen-bond acceptors (Lipinski definition) is 8. The van der Waals surface area contributed by atoms with Crippen LogP contribution >= 0.6 is 0 Å². The number of nitrogens with one attached hydrogen (secondary N) is 2. The van der Waals surface area contributed by atoms with E-state index in [-0.39, 0.29) is 29.9 Å². The Morgan fingerprint density at radius 3 is 2.61 bits per heavy atom. The number of nitrogens with zero attached hydrogens (tertiary/aromatic N) is 4. The predicted octanol–water partition coefficient (Wildman–Crippen LogP) is 4.08. The van der Waals surface area contributed by atoms with E-state index < -0.39 is 23.8 Å². The van der Waals surface area contributed by atoms with Crippen LogP contribution in [0.15, 0.2) is 48.8 Å². The van der Waals surface area contributed by atoms with Crippen molar-refractivity contribution in [1.29, 1.82) is 0 Å². The molecule has 4 amide bonds. The lowest BCUT2D eigenvalue weighted by Crippen LogP contribution is -2.54. The second-order valence-corrected chi connectivity index (χ2v) is 12.3. The first-order chi connectivity index (χ1) is 21.4. The molecule has 1 saturated carbocycles. The van der Waals surface area contributed by atoms with Gasteiger partial charge in [-0.3, -0.25) is 39.1 Å². The van der Waals surface area contributed by atoms with Gasteiger partial charge in [0.2, 0.25) is 11.8 Å². The Morgan fingerprint density at radius 1 is 0.977 bits per heavy atom. The number of pyridine rings is 1. The van der Waals surface area contributed by atoms with Gasteiger partial charge in [0.1, 0.15) is 6.04 Å². The van der Waals surface area contributed by atoms with Gasteiger partial charge in [0.15, 0.2) is 0 Å². The molecule has 2 saturated heterocycles. The zero-order valence-corrected chi connectivity index (χ0v) is 24.5. The molecule has 1 aromatic carbocycles. The molecule has 4 aliphatic rings. The number of amides is 4. The molecule has 2 aromatic heterocycles. The van der Waals surface area contributed by atoms with Gasteiger partial charge in [-0.05, 0) is 81.2 Å². The Labute approximate surface area is 255 Å². The van der Waals surface area contributed by atoms with Crippen LogP contribution in [0.3, 0.4) is 0 Å². The average molecular weight is 597 g/mol. The number of anilines is 1. The van der Waals surface area contributed by atoms with Gasteiger partial charge < -0.3 is 10.1 Å². The summed E-state index contributed by atoms with van der Waals surface area (Å²) in [6.07, 6.45) is 10.6. The molecule has 1 aliphatic carbocycles. The van der Waals surface area contributed by atoms with E-state index in [4.69, 9.17) is 9.72 Å². The van der Waals surface area contributed by atoms with E-state index in [0.29, 0.717) is 17.9 Å². The van der Waals surface area contributed by atoms with Crippen molar-refractivity contribution < 1.29 is 23.9 Å². The fourth-order valence-electron chi connectivity index (χ4n) is 6.86. The van der Waals surface area contributed by atoms with Crippen molar-refractivity contribution in [2.45, 2.75) is 69.4 Å². The van der Waals surface area contributed by atoms with Gasteiger partial charge in [0, 0.05) is 55.2 Å². The summed E-state index contributed by atoms with van der Waals surface area (Å²) < 4.78 is 7.60. The summed E-state index contributed by atoms with van der Waals surface area (Å²) in [6.45, 7) is 2.36. The van der Waals surface area contributed by atoms with Gasteiger partial charge in [-0.25, -0.2) is 0 Å². The van der Waals surface area contributed by atoms with E-state index in [0.717, 1.165) is 85.8 Å². The minimum absolute atomic E-state index is 0.102. The third-order valence-electron chi connectivity index (χ3n) is 9.45. The molecule has 0 spiro atoms. The van der Waals surface area contributed by atoms with E-state index in [2.05, 4.69) is 44.8 Å². The van der Waals surface area contributed by atoms with Gasteiger partial charge in [0.05, 0.1) is 29.1 Å². The summed E-state index contributed by atoms with van der Waals surface area (Å²) in [5.41, 5.74) is 4.51. The second-order valence-electron chi connectivity index (χ2n) is 12.3. The number of aromatic nitrogens is 3. The fraction of sp³-hybridized carbons (Fsp3) is 0.455. The van der Waals surface area contributed by atoms with E-state index >= 15 is 0 Å². The molecule has 2 N–H and O–H groups in total. The lowest BCUT2D eigenvalue weighted by atomic mass is 9.77. The number of benzene rings is 1. The van der Waals surface area contributed by atoms with Gasteiger partial charge >= 0.3 is 0 Å². The molecule has 7 rings (SSSR count). The number of imide groups is 2. The molecule has 0 bridgehead atoms. The predicted molar refractivity (Wildman–Crippen MR) is 161 cm³/mol. The van der Waals surface area contributed by atoms with Gasteiger partial charge in [-0.2, -0.15) is 5.10 Å². The molecule has 11 heteroatoms. The fourth-order valence-corrected chi connectivity index (χ4v) is 6.86. The Hall–Kier alpha value is -4.38. The molecule has 3 aromatic rings. The summed E-state index contributed by atoms with van der Waals surface area (Å²) in [6, 6.07) is 10.8. The van der Waals surface area contributed by atoms with Crippen molar-refractivity contribution in [2.75, 3.05) is 25.1 Å². The second kappa shape index (κ2) is 12.0. The van der Waals surface area contributed by atoms with Crippen molar-refractivity contribution in [1.82, 2.24) is 25.0 Å². The minimum Gasteiger partial charge on any atom is -0.385 e. The molecule has 1 unspecified atom stereocenters. The lowest BCUT2D eigenvalue weighted by Gasteiger charge is -2.35. The first-order valence-electron chi connectivity index (χ1n) is 15.6. The number of carbonyl (C=O) groups excluding carboxylic acids is 4. The number of piperidine rings is 1. The molecule has 3 aliphatic heterocycles. The van der Waals surface area contributed by atoms with E-state index in [1.165, 1.54) is 0 Å². The monoisotopic (exact) mass is 596 g/mol. The highest BCUT2D eigenvalue weighted by atomic mass is 16.5. The highest BCUT2D eigenvalue weighted by Crippen LogP contribution is 2.40. The normalized spacial score (nSPS) is 23.8. The van der Waals surface area contributed by atoms with Crippen LogP contribution in [-0.2, 0) is 14.3 Å². The van der Waals surface area contributed by atoms with Crippen LogP contribution in [0.4, 0.5) is 5.69 Å². The number of hydrogen-bond donors (Lipinski definition) is 2. The van der Waals surface area contributed by atoms with Crippen LogP contribution in [0.25, 0.3) is 11.3 Å². The summed E-state index contributed by atoms with van der Waals surface area (Å²) in [4.78, 5) is 55.7. The van der Waals surface area contributed by atoms with E-state index in [1.54, 1.807) is 18.2 Å². The van der Waals surface area contributed by atoms with Crippen molar-refractivity contribution in [2.24, 2.45) is 5.92 Å². The summed E-state index contributed by atoms with van der Waals surface area (Å²) in [5, 5.41) is 10.3. The van der Waals surface area contributed by atoms with Crippen LogP contribution in [0.1, 0.15) is 89.7 Å². The van der Waals surface area contributed by atoms with Crippen LogP contribution in [0.2, 0.25) is 0 Å². The van der Waals surface area contributed by atoms with E-state index in [1.807, 2.05) is 6.20 Å². The Balaban J connectivity index is 0.874. The maximum absolute atomic E-state index is 13.1. The van der Waals surface area contributed by atoms with Crippen molar-refractivity contribution >= 4 is 29.3 Å². The number of fused-ring (bicyclic) bond motifs is 1. The molecule has 228 valence electrons. The smallest absolute Gasteiger partial charge is 0.262 e. The summed E-state index contributed by atoms with van der Waals surface area (Å²) in [7, 11) is 0. The van der Waals surface area contributed by atoms with E-state index in [9.17, 15) is 19.2 Å². The molecule has 0 radical (unpaired) electrons. The van der Waals surface area contributed by atoms with Crippen molar-refractivity contribution in [3.05, 3.63) is 65.6 Å². The molecular weight excluding hydrogens is 560 g/mol. The maximum atomic E-state index is 13.1. The quantitative estimate of drug-likeness (QED) is 0.279. The average Bonchev–Trinajstić information content (AvgIpc) is 3.60. The maximum Gasteiger partial charge on any atom is 0.262 e. The van der Waals surface area contributed by atoms with Gasteiger partial charge in [-0.1, -0.05) is 6.07 Å². The first kappa shape index (κ1) is 28.4. The summed E-state index contributed by atoms with van der Waals surface area (Å²) >= 11 is 0. The molecular formula is C33H36N6O5. The molecule has 1 atom stereocenters. The van der Waals surface area contributed by atoms with Crippen LogP contribution in [0, 0.1) is 5.92 Å². The highest BCUT2D eigenvalue weighted by Gasteiger charge is 2.44. The van der Waals surface area contributed by atoms with Gasteiger partial charge in [0.25, 0.3) is 11.8 Å². The summed E-state index contributed by atoms with van der Waals surface area (Å²) in [5.74, 6) is -0.866. The molecule has 5 heterocycles. The first-order valence-corrected chi connectivity index (χ1v) is 15.6.